The summed E-state index contributed by atoms with van der Waals surface area (Å²) in [5.41, 5.74) is 4.98. The van der Waals surface area contributed by atoms with Gasteiger partial charge < -0.3 is 11.1 Å². The van der Waals surface area contributed by atoms with E-state index in [0.29, 0.717) is 0 Å². The summed E-state index contributed by atoms with van der Waals surface area (Å²) in [6.45, 7) is 1.57. The van der Waals surface area contributed by atoms with E-state index in [1.54, 1.807) is 6.92 Å². The van der Waals surface area contributed by atoms with Crippen molar-refractivity contribution in [3.05, 3.63) is 35.4 Å². The molecule has 1 rings (SSSR count). The van der Waals surface area contributed by atoms with Crippen LogP contribution in [0.4, 0.5) is 8.78 Å². The van der Waals surface area contributed by atoms with Gasteiger partial charge in [-0.1, -0.05) is 0 Å². The molecule has 0 radical (unpaired) electrons. The summed E-state index contributed by atoms with van der Waals surface area (Å²) in [7, 11) is 0. The number of amides is 2. The molecular formula is C13H13F2N3O2. The number of carbonyl (C=O) groups excluding carboxylic acids is 2. The Morgan fingerprint density at radius 2 is 2.05 bits per heavy atom. The summed E-state index contributed by atoms with van der Waals surface area (Å²) in [5.74, 6) is -4.30. The predicted octanol–water partition coefficient (Wildman–Crippen LogP) is 1.10. The zero-order valence-electron chi connectivity index (χ0n) is 10.7. The van der Waals surface area contributed by atoms with Crippen molar-refractivity contribution in [3.63, 3.8) is 0 Å². The summed E-state index contributed by atoms with van der Waals surface area (Å²) >= 11 is 0. The Kier molecular flexibility index (Phi) is 5.15. The van der Waals surface area contributed by atoms with Gasteiger partial charge in [0.05, 0.1) is 6.07 Å². The van der Waals surface area contributed by atoms with E-state index in [1.807, 2.05) is 6.07 Å². The van der Waals surface area contributed by atoms with Crippen LogP contribution < -0.4 is 11.1 Å². The van der Waals surface area contributed by atoms with Gasteiger partial charge in [0.1, 0.15) is 6.04 Å². The monoisotopic (exact) mass is 281 g/mol. The van der Waals surface area contributed by atoms with Crippen molar-refractivity contribution in [2.75, 3.05) is 0 Å². The minimum Gasteiger partial charge on any atom is -0.368 e. The number of nitrogens with one attached hydrogen (secondary N) is 1. The summed E-state index contributed by atoms with van der Waals surface area (Å²) < 4.78 is 25.8. The largest absolute Gasteiger partial charge is 0.368 e. The summed E-state index contributed by atoms with van der Waals surface area (Å²) in [6.07, 6.45) is 0.0429. The van der Waals surface area contributed by atoms with Gasteiger partial charge >= 0.3 is 0 Å². The molecule has 0 saturated carbocycles. The van der Waals surface area contributed by atoms with Crippen LogP contribution in [0.1, 0.15) is 23.7 Å². The Hall–Kier alpha value is -2.49. The lowest BCUT2D eigenvalue weighted by Crippen LogP contribution is -2.45. The standard InChI is InChI=1S/C13H13F2N3O2/c1-7(6-16)4-11(12(17)19)18-13(20)8-2-3-9(14)10(15)5-8/h2-3,5,7,11H,4H2,1H3,(H2,17,19)(H,18,20)/t7-,11+/m0/s1. The average molecular weight is 281 g/mol. The van der Waals surface area contributed by atoms with E-state index in [2.05, 4.69) is 5.32 Å². The first kappa shape index (κ1) is 15.6. The summed E-state index contributed by atoms with van der Waals surface area (Å²) in [4.78, 5) is 23.0. The van der Waals surface area contributed by atoms with Crippen LogP contribution >= 0.6 is 0 Å². The minimum absolute atomic E-state index is 0.0429. The number of nitrogens with two attached hydrogens (primary N) is 1. The van der Waals surface area contributed by atoms with Crippen LogP contribution in [-0.2, 0) is 4.79 Å². The molecule has 0 heterocycles. The zero-order chi connectivity index (χ0) is 15.3. The first-order chi connectivity index (χ1) is 9.35. The summed E-state index contributed by atoms with van der Waals surface area (Å²) in [5, 5.41) is 11.0. The van der Waals surface area contributed by atoms with Crippen LogP contribution in [0, 0.1) is 28.9 Å². The molecule has 7 heteroatoms. The molecule has 1 aromatic rings. The highest BCUT2D eigenvalue weighted by molar-refractivity contribution is 5.97. The molecular weight excluding hydrogens is 268 g/mol. The lowest BCUT2D eigenvalue weighted by atomic mass is 10.0. The normalized spacial score (nSPS) is 13.1. The smallest absolute Gasteiger partial charge is 0.252 e. The molecule has 0 unspecified atom stereocenters. The number of rotatable bonds is 5. The molecule has 0 fully saturated rings. The maximum atomic E-state index is 13.0. The molecule has 2 amide bonds. The van der Waals surface area contributed by atoms with E-state index in [0.717, 1.165) is 18.2 Å². The van der Waals surface area contributed by atoms with E-state index in [9.17, 15) is 18.4 Å². The van der Waals surface area contributed by atoms with Crippen molar-refractivity contribution in [2.24, 2.45) is 11.7 Å². The van der Waals surface area contributed by atoms with Gasteiger partial charge in [-0.3, -0.25) is 9.59 Å². The molecule has 5 nitrogen and oxygen atoms in total. The Balaban J connectivity index is 2.83. The predicted molar refractivity (Wildman–Crippen MR) is 66.2 cm³/mol. The highest BCUT2D eigenvalue weighted by atomic mass is 19.2. The van der Waals surface area contributed by atoms with E-state index in [-0.39, 0.29) is 12.0 Å². The maximum absolute atomic E-state index is 13.0. The number of nitrogens with zero attached hydrogens (tertiary/aromatic N) is 1. The Labute approximate surface area is 114 Å². The molecule has 20 heavy (non-hydrogen) atoms. The second-order valence-corrected chi connectivity index (χ2v) is 4.32. The number of nitriles is 1. The maximum Gasteiger partial charge on any atom is 0.252 e. The van der Waals surface area contributed by atoms with Gasteiger partial charge in [0.2, 0.25) is 5.91 Å². The van der Waals surface area contributed by atoms with Crippen molar-refractivity contribution < 1.29 is 18.4 Å². The van der Waals surface area contributed by atoms with Crippen molar-refractivity contribution in [3.8, 4) is 6.07 Å². The SMILES string of the molecule is C[C@H](C#N)C[C@@H](NC(=O)c1ccc(F)c(F)c1)C(N)=O. The van der Waals surface area contributed by atoms with Crippen molar-refractivity contribution in [1.29, 1.82) is 5.26 Å². The fourth-order valence-electron chi connectivity index (χ4n) is 1.53. The highest BCUT2D eigenvalue weighted by Crippen LogP contribution is 2.10. The average Bonchev–Trinajstić information content (AvgIpc) is 2.40. The fourth-order valence-corrected chi connectivity index (χ4v) is 1.53. The molecule has 1 aromatic carbocycles. The second-order valence-electron chi connectivity index (χ2n) is 4.32. The lowest BCUT2D eigenvalue weighted by molar-refractivity contribution is -0.120. The molecule has 3 N–H and O–H groups in total. The van der Waals surface area contributed by atoms with Crippen molar-refractivity contribution in [1.82, 2.24) is 5.32 Å². The third-order valence-corrected chi connectivity index (χ3v) is 2.64. The van der Waals surface area contributed by atoms with Crippen molar-refractivity contribution in [2.45, 2.75) is 19.4 Å². The number of carbonyl (C=O) groups is 2. The van der Waals surface area contributed by atoms with Gasteiger partial charge in [-0.2, -0.15) is 5.26 Å². The third-order valence-electron chi connectivity index (χ3n) is 2.64. The van der Waals surface area contributed by atoms with E-state index in [4.69, 9.17) is 11.0 Å². The third kappa shape index (κ3) is 4.02. The van der Waals surface area contributed by atoms with Gasteiger partial charge in [-0.25, -0.2) is 8.78 Å². The Bertz CT molecular complexity index is 569. The van der Waals surface area contributed by atoms with Crippen LogP contribution in [0.3, 0.4) is 0 Å². The van der Waals surface area contributed by atoms with E-state index >= 15 is 0 Å². The Morgan fingerprint density at radius 3 is 2.55 bits per heavy atom. The quantitative estimate of drug-likeness (QED) is 0.845. The molecule has 0 aliphatic carbocycles. The van der Waals surface area contributed by atoms with Crippen LogP contribution in [0.15, 0.2) is 18.2 Å². The number of benzene rings is 1. The van der Waals surface area contributed by atoms with Crippen LogP contribution in [0.2, 0.25) is 0 Å². The number of hydrogen-bond donors (Lipinski definition) is 2. The molecule has 0 aromatic heterocycles. The van der Waals surface area contributed by atoms with Crippen LogP contribution in [0.25, 0.3) is 0 Å². The second kappa shape index (κ2) is 6.61. The first-order valence-corrected chi connectivity index (χ1v) is 5.80. The van der Waals surface area contributed by atoms with E-state index in [1.165, 1.54) is 0 Å². The van der Waals surface area contributed by atoms with Crippen LogP contribution in [-0.4, -0.2) is 17.9 Å². The molecule has 2 atom stereocenters. The molecule has 0 aliphatic heterocycles. The summed E-state index contributed by atoms with van der Waals surface area (Å²) in [6, 6.07) is 3.47. The van der Waals surface area contributed by atoms with Crippen molar-refractivity contribution >= 4 is 11.8 Å². The topological polar surface area (TPSA) is 96.0 Å². The van der Waals surface area contributed by atoms with E-state index < -0.39 is 35.4 Å². The van der Waals surface area contributed by atoms with Gasteiger partial charge in [0.15, 0.2) is 11.6 Å². The molecule has 0 saturated heterocycles. The van der Waals surface area contributed by atoms with Crippen LogP contribution in [0.5, 0.6) is 0 Å². The number of primary amides is 1. The van der Waals surface area contributed by atoms with Gasteiger partial charge in [0, 0.05) is 11.5 Å². The van der Waals surface area contributed by atoms with Gasteiger partial charge in [-0.05, 0) is 31.5 Å². The molecule has 0 bridgehead atoms. The Morgan fingerprint density at radius 1 is 1.40 bits per heavy atom. The first-order valence-electron chi connectivity index (χ1n) is 5.80. The molecule has 106 valence electrons. The number of hydrogen-bond acceptors (Lipinski definition) is 3. The highest BCUT2D eigenvalue weighted by Gasteiger charge is 2.21. The molecule has 0 aliphatic rings. The lowest BCUT2D eigenvalue weighted by Gasteiger charge is -2.16. The molecule has 0 spiro atoms. The minimum atomic E-state index is -1.17. The van der Waals surface area contributed by atoms with Gasteiger partial charge in [0.25, 0.3) is 5.91 Å². The fraction of sp³-hybridized carbons (Fsp3) is 0.308. The van der Waals surface area contributed by atoms with Gasteiger partial charge in [-0.15, -0.1) is 0 Å². The zero-order valence-corrected chi connectivity index (χ0v) is 10.7. The number of halogens is 2.